The number of aliphatic hydroxyl groups is 3. The summed E-state index contributed by atoms with van der Waals surface area (Å²) in [5.41, 5.74) is 4.85. The van der Waals surface area contributed by atoms with Gasteiger partial charge in [0.05, 0.1) is 0 Å². The highest BCUT2D eigenvalue weighted by molar-refractivity contribution is 7.99. The molecule has 1 amide bonds. The lowest BCUT2D eigenvalue weighted by molar-refractivity contribution is -0.200. The van der Waals surface area contributed by atoms with Gasteiger partial charge in [-0.25, -0.2) is 0 Å². The fraction of sp³-hybridized carbons (Fsp3) is 0.581. The zero-order valence-corrected chi connectivity index (χ0v) is 24.0. The molecule has 2 fully saturated rings. The average Bonchev–Trinajstić information content (AvgIpc) is 2.95. The summed E-state index contributed by atoms with van der Waals surface area (Å²) in [6.45, 7) is 6.06. The minimum atomic E-state index is -1.26. The molecule has 2 aromatic carbocycles. The van der Waals surface area contributed by atoms with E-state index in [1.54, 1.807) is 0 Å². The second kappa shape index (κ2) is 14.6. The van der Waals surface area contributed by atoms with Crippen molar-refractivity contribution in [3.8, 4) is 0 Å². The van der Waals surface area contributed by atoms with E-state index in [9.17, 15) is 20.1 Å². The average molecular weight is 557 g/mol. The molecule has 2 aliphatic heterocycles. The molecule has 0 bridgehead atoms. The van der Waals surface area contributed by atoms with Crippen LogP contribution in [0.3, 0.4) is 0 Å². The van der Waals surface area contributed by atoms with Gasteiger partial charge in [0.2, 0.25) is 5.91 Å². The lowest BCUT2D eigenvalue weighted by Gasteiger charge is -2.40. The van der Waals surface area contributed by atoms with Gasteiger partial charge in [0, 0.05) is 19.5 Å². The number of nitrogens with one attached hydrogen (secondary N) is 1. The Balaban J connectivity index is 1.26. The third kappa shape index (κ3) is 8.28. The number of nitrogens with zero attached hydrogens (tertiary/aromatic N) is 1. The number of carbonyl (C=O) groups is 1. The summed E-state index contributed by atoms with van der Waals surface area (Å²) in [5, 5.41) is 34.2. The molecule has 2 aliphatic rings. The lowest BCUT2D eigenvalue weighted by Crippen LogP contribution is -2.52. The standard InChI is InChI=1S/C31H44N2O5S/c1-21-9-14-24(30-28(36)27(35)29(37)31(38-30)39-2)20-25(21)19-23-12-10-22(11-13-23)7-6-8-26(34)32-15-18-33-16-4-3-5-17-33/h9-14,20,27-31,35-37H,3-8,15-19H2,1-2H3,(H,32,34)/t27-,28-,29+,30+,31-/m1/s1. The van der Waals surface area contributed by atoms with Gasteiger partial charge in [-0.2, -0.15) is 0 Å². The molecule has 2 aromatic rings. The SMILES string of the molecule is CS[C@H]1O[C@@H](c2ccc(C)c(Cc3ccc(CCCC(=O)NCCN4CCCCC4)cc3)c2)[C@H](O)[C@@H](O)[C@@H]1O. The molecular weight excluding hydrogens is 512 g/mol. The maximum Gasteiger partial charge on any atom is 0.220 e. The number of hydrogen-bond acceptors (Lipinski definition) is 7. The molecule has 2 heterocycles. The fourth-order valence-electron chi connectivity index (χ4n) is 5.50. The summed E-state index contributed by atoms with van der Waals surface area (Å²) < 4.78 is 5.95. The van der Waals surface area contributed by atoms with E-state index in [4.69, 9.17) is 4.74 Å². The normalized spacial score (nSPS) is 25.9. The van der Waals surface area contributed by atoms with Crippen molar-refractivity contribution >= 4 is 17.7 Å². The molecule has 8 heteroatoms. The third-order valence-electron chi connectivity index (χ3n) is 7.99. The Morgan fingerprint density at radius 1 is 1.00 bits per heavy atom. The van der Waals surface area contributed by atoms with Gasteiger partial charge in [0.25, 0.3) is 0 Å². The molecule has 39 heavy (non-hydrogen) atoms. The van der Waals surface area contributed by atoms with Crippen LogP contribution in [0.1, 0.15) is 66.0 Å². The highest BCUT2D eigenvalue weighted by Gasteiger charge is 2.44. The van der Waals surface area contributed by atoms with Crippen LogP contribution in [-0.2, 0) is 22.4 Å². The van der Waals surface area contributed by atoms with Crippen LogP contribution in [0.5, 0.6) is 0 Å². The van der Waals surface area contributed by atoms with Gasteiger partial charge in [-0.3, -0.25) is 4.79 Å². The zero-order chi connectivity index (χ0) is 27.8. The van der Waals surface area contributed by atoms with Crippen LogP contribution in [0, 0.1) is 6.92 Å². The Morgan fingerprint density at radius 3 is 2.44 bits per heavy atom. The Labute approximate surface area is 237 Å². The summed E-state index contributed by atoms with van der Waals surface area (Å²) in [6, 6.07) is 14.5. The van der Waals surface area contributed by atoms with Crippen molar-refractivity contribution in [2.45, 2.75) is 81.7 Å². The molecule has 2 saturated heterocycles. The Morgan fingerprint density at radius 2 is 1.72 bits per heavy atom. The smallest absolute Gasteiger partial charge is 0.220 e. The Hall–Kier alpha value is -1.94. The fourth-order valence-corrected chi connectivity index (χ4v) is 6.17. The van der Waals surface area contributed by atoms with Crippen molar-refractivity contribution in [1.82, 2.24) is 10.2 Å². The molecule has 0 radical (unpaired) electrons. The number of amides is 1. The first kappa shape index (κ1) is 30.0. The molecule has 0 aliphatic carbocycles. The van der Waals surface area contributed by atoms with Crippen molar-refractivity contribution in [2.75, 3.05) is 32.4 Å². The van der Waals surface area contributed by atoms with Crippen LogP contribution < -0.4 is 5.32 Å². The first-order valence-electron chi connectivity index (χ1n) is 14.2. The van der Waals surface area contributed by atoms with Gasteiger partial charge < -0.3 is 30.3 Å². The number of thioether (sulfide) groups is 1. The summed E-state index contributed by atoms with van der Waals surface area (Å²) in [6.07, 6.45) is 4.37. The van der Waals surface area contributed by atoms with Crippen LogP contribution in [0.4, 0.5) is 0 Å². The summed E-state index contributed by atoms with van der Waals surface area (Å²) >= 11 is 1.32. The highest BCUT2D eigenvalue weighted by atomic mass is 32.2. The van der Waals surface area contributed by atoms with Crippen LogP contribution in [-0.4, -0.2) is 82.3 Å². The number of rotatable bonds is 11. The van der Waals surface area contributed by atoms with Gasteiger partial charge >= 0.3 is 0 Å². The van der Waals surface area contributed by atoms with Gasteiger partial charge in [-0.1, -0.05) is 48.9 Å². The molecular formula is C31H44N2O5S. The quantitative estimate of drug-likeness (QED) is 0.337. The summed E-state index contributed by atoms with van der Waals surface area (Å²) in [7, 11) is 0. The van der Waals surface area contributed by atoms with Crippen molar-refractivity contribution < 1.29 is 24.9 Å². The van der Waals surface area contributed by atoms with Gasteiger partial charge in [-0.05, 0) is 86.2 Å². The van der Waals surface area contributed by atoms with Gasteiger partial charge in [-0.15, -0.1) is 11.8 Å². The second-order valence-corrected chi connectivity index (χ2v) is 11.9. The minimum absolute atomic E-state index is 0.136. The lowest BCUT2D eigenvalue weighted by atomic mass is 9.91. The molecule has 4 N–H and O–H groups in total. The topological polar surface area (TPSA) is 102 Å². The Kier molecular flexibility index (Phi) is 11.3. The molecule has 5 atom stereocenters. The van der Waals surface area contributed by atoms with E-state index in [2.05, 4.69) is 41.4 Å². The predicted octanol–water partition coefficient (Wildman–Crippen LogP) is 3.35. The van der Waals surface area contributed by atoms with E-state index in [0.717, 1.165) is 62.1 Å². The maximum absolute atomic E-state index is 12.2. The first-order valence-corrected chi connectivity index (χ1v) is 15.5. The molecule has 7 nitrogen and oxygen atoms in total. The van der Waals surface area contributed by atoms with Gasteiger partial charge in [0.15, 0.2) is 0 Å². The number of aryl methyl sites for hydroxylation is 2. The number of ether oxygens (including phenoxy) is 1. The Bertz CT molecular complexity index is 1060. The number of hydrogen-bond donors (Lipinski definition) is 4. The molecule has 4 rings (SSSR count). The number of piperidine rings is 1. The largest absolute Gasteiger partial charge is 0.387 e. The number of likely N-dealkylation sites (tertiary alicyclic amines) is 1. The predicted molar refractivity (Wildman–Crippen MR) is 156 cm³/mol. The number of carbonyl (C=O) groups excluding carboxylic acids is 1. The van der Waals surface area contributed by atoms with Crippen LogP contribution in [0.2, 0.25) is 0 Å². The number of benzene rings is 2. The van der Waals surface area contributed by atoms with Crippen LogP contribution in [0.25, 0.3) is 0 Å². The van der Waals surface area contributed by atoms with E-state index in [0.29, 0.717) is 6.42 Å². The maximum atomic E-state index is 12.2. The van der Waals surface area contributed by atoms with E-state index < -0.39 is 29.9 Å². The van der Waals surface area contributed by atoms with Crippen LogP contribution >= 0.6 is 11.8 Å². The van der Waals surface area contributed by atoms with Crippen LogP contribution in [0.15, 0.2) is 42.5 Å². The second-order valence-electron chi connectivity index (χ2n) is 10.9. The highest BCUT2D eigenvalue weighted by Crippen LogP contribution is 2.36. The molecule has 0 saturated carbocycles. The van der Waals surface area contributed by atoms with Crippen molar-refractivity contribution in [3.63, 3.8) is 0 Å². The molecule has 0 spiro atoms. The third-order valence-corrected chi connectivity index (χ3v) is 8.84. The molecule has 0 unspecified atom stereocenters. The van der Waals surface area contributed by atoms with Gasteiger partial charge in [0.1, 0.15) is 29.9 Å². The summed E-state index contributed by atoms with van der Waals surface area (Å²) in [5.74, 6) is 0.136. The molecule has 214 valence electrons. The number of aliphatic hydroxyl groups excluding tert-OH is 3. The molecule has 0 aromatic heterocycles. The van der Waals surface area contributed by atoms with Crippen molar-refractivity contribution in [1.29, 1.82) is 0 Å². The van der Waals surface area contributed by atoms with E-state index in [-0.39, 0.29) is 5.91 Å². The van der Waals surface area contributed by atoms with E-state index in [1.807, 2.05) is 24.5 Å². The minimum Gasteiger partial charge on any atom is -0.387 e. The van der Waals surface area contributed by atoms with Crippen molar-refractivity contribution in [3.05, 3.63) is 70.3 Å². The van der Waals surface area contributed by atoms with E-state index >= 15 is 0 Å². The summed E-state index contributed by atoms with van der Waals surface area (Å²) in [4.78, 5) is 14.7. The first-order chi connectivity index (χ1) is 18.9. The van der Waals surface area contributed by atoms with Crippen molar-refractivity contribution in [2.24, 2.45) is 0 Å². The van der Waals surface area contributed by atoms with E-state index in [1.165, 1.54) is 42.2 Å². The monoisotopic (exact) mass is 556 g/mol. The zero-order valence-electron chi connectivity index (χ0n) is 23.2.